The lowest BCUT2D eigenvalue weighted by Gasteiger charge is -2.29. The minimum atomic E-state index is -3.57. The normalized spacial score (nSPS) is 15.0. The van der Waals surface area contributed by atoms with Crippen LogP contribution in [0, 0.1) is 0 Å². The third kappa shape index (κ3) is 4.50. The molecule has 0 aromatic heterocycles. The molecule has 6 heteroatoms. The molecule has 1 aliphatic rings. The van der Waals surface area contributed by atoms with Crippen LogP contribution in [0.4, 0.5) is 5.69 Å². The molecule has 1 aliphatic carbocycles. The van der Waals surface area contributed by atoms with Gasteiger partial charge in [0, 0.05) is 6.04 Å². The van der Waals surface area contributed by atoms with Crippen LogP contribution in [0.25, 0.3) is 0 Å². The quantitative estimate of drug-likeness (QED) is 0.820. The largest absolute Gasteiger partial charge is 0.352 e. The molecular formula is C18H28N2O3S. The number of hydrogen-bond acceptors (Lipinski definition) is 3. The van der Waals surface area contributed by atoms with E-state index in [1.165, 1.54) is 10.6 Å². The number of carbonyl (C=O) groups is 1. The molecule has 0 aliphatic heterocycles. The number of sulfonamides is 1. The van der Waals surface area contributed by atoms with E-state index in [4.69, 9.17) is 0 Å². The van der Waals surface area contributed by atoms with Crippen LogP contribution in [0.3, 0.4) is 0 Å². The number of anilines is 1. The second-order valence-electron chi connectivity index (χ2n) is 7.21. The van der Waals surface area contributed by atoms with Gasteiger partial charge in [0.1, 0.15) is 6.54 Å². The summed E-state index contributed by atoms with van der Waals surface area (Å²) in [6.45, 7) is 7.97. The van der Waals surface area contributed by atoms with Gasteiger partial charge >= 0.3 is 0 Å². The Morgan fingerprint density at radius 2 is 1.67 bits per heavy atom. The second-order valence-corrected chi connectivity index (χ2v) is 9.11. The molecule has 1 saturated carbocycles. The van der Waals surface area contributed by atoms with Gasteiger partial charge in [0.2, 0.25) is 15.9 Å². The molecule has 0 radical (unpaired) electrons. The molecule has 24 heavy (non-hydrogen) atoms. The highest BCUT2D eigenvalue weighted by molar-refractivity contribution is 7.92. The predicted octanol–water partition coefficient (Wildman–Crippen LogP) is 2.98. The zero-order valence-electron chi connectivity index (χ0n) is 15.2. The first-order valence-electron chi connectivity index (χ1n) is 8.51. The minimum Gasteiger partial charge on any atom is -0.352 e. The maximum Gasteiger partial charge on any atom is 0.240 e. The summed E-state index contributed by atoms with van der Waals surface area (Å²) in [4.78, 5) is 12.3. The van der Waals surface area contributed by atoms with E-state index < -0.39 is 10.0 Å². The Hall–Kier alpha value is -1.56. The first-order chi connectivity index (χ1) is 11.1. The highest BCUT2D eigenvalue weighted by Crippen LogP contribution is 2.36. The minimum absolute atomic E-state index is 0.162. The number of nitrogens with one attached hydrogen (secondary N) is 1. The summed E-state index contributed by atoms with van der Waals surface area (Å²) in [7, 11) is -3.57. The molecule has 0 unspecified atom stereocenters. The molecule has 5 nitrogen and oxygen atoms in total. The van der Waals surface area contributed by atoms with Gasteiger partial charge in [-0.2, -0.15) is 0 Å². The van der Waals surface area contributed by atoms with Crippen molar-refractivity contribution >= 4 is 21.6 Å². The van der Waals surface area contributed by atoms with Crippen LogP contribution in [-0.4, -0.2) is 33.2 Å². The first kappa shape index (κ1) is 18.8. The third-order valence-electron chi connectivity index (χ3n) is 4.22. The van der Waals surface area contributed by atoms with E-state index in [1.54, 1.807) is 0 Å². The molecule has 134 valence electrons. The zero-order chi connectivity index (χ0) is 18.1. The van der Waals surface area contributed by atoms with Crippen molar-refractivity contribution in [2.24, 2.45) is 0 Å². The van der Waals surface area contributed by atoms with Crippen LogP contribution in [0.15, 0.2) is 18.2 Å². The molecule has 1 fully saturated rings. The summed E-state index contributed by atoms with van der Waals surface area (Å²) in [6.07, 6.45) is 3.12. The van der Waals surface area contributed by atoms with Gasteiger partial charge in [0.05, 0.1) is 11.9 Å². The number of nitrogens with zero attached hydrogens (tertiary/aromatic N) is 1. The average Bonchev–Trinajstić information content (AvgIpc) is 3.26. The molecule has 0 saturated heterocycles. The van der Waals surface area contributed by atoms with E-state index in [0.29, 0.717) is 5.69 Å². The third-order valence-corrected chi connectivity index (χ3v) is 5.33. The van der Waals surface area contributed by atoms with E-state index in [1.807, 2.05) is 45.9 Å². The maximum absolute atomic E-state index is 12.5. The van der Waals surface area contributed by atoms with Gasteiger partial charge in [-0.3, -0.25) is 9.10 Å². The van der Waals surface area contributed by atoms with E-state index in [-0.39, 0.29) is 30.3 Å². The van der Waals surface area contributed by atoms with Gasteiger partial charge in [0.15, 0.2) is 0 Å². The standard InChI is InChI=1S/C18H28N2O3S/c1-12(2)15-7-6-8-16(13(3)4)18(15)20(24(5,22)23)11-17(21)19-14-9-10-14/h6-8,12-14H,9-11H2,1-5H3,(H,19,21). The van der Waals surface area contributed by atoms with E-state index in [9.17, 15) is 13.2 Å². The Labute approximate surface area is 145 Å². The monoisotopic (exact) mass is 352 g/mol. The second kappa shape index (κ2) is 7.13. The Kier molecular flexibility index (Phi) is 5.58. The maximum atomic E-state index is 12.5. The Balaban J connectivity index is 2.50. The predicted molar refractivity (Wildman–Crippen MR) is 98.0 cm³/mol. The molecule has 0 spiro atoms. The number of para-hydroxylation sites is 1. The van der Waals surface area contributed by atoms with Crippen LogP contribution >= 0.6 is 0 Å². The average molecular weight is 353 g/mol. The molecule has 1 amide bonds. The van der Waals surface area contributed by atoms with Crippen molar-refractivity contribution in [1.29, 1.82) is 0 Å². The van der Waals surface area contributed by atoms with Crippen molar-refractivity contribution in [1.82, 2.24) is 5.32 Å². The molecule has 0 atom stereocenters. The van der Waals surface area contributed by atoms with Crippen molar-refractivity contribution in [2.45, 2.75) is 58.4 Å². The fraction of sp³-hybridized carbons (Fsp3) is 0.611. The Morgan fingerprint density at radius 3 is 2.04 bits per heavy atom. The molecule has 2 rings (SSSR count). The number of carbonyl (C=O) groups excluding carboxylic acids is 1. The molecule has 0 heterocycles. The van der Waals surface area contributed by atoms with Crippen LogP contribution in [0.2, 0.25) is 0 Å². The number of amides is 1. The fourth-order valence-electron chi connectivity index (χ4n) is 2.79. The highest BCUT2D eigenvalue weighted by Gasteiger charge is 2.30. The summed E-state index contributed by atoms with van der Waals surface area (Å²) >= 11 is 0. The number of rotatable bonds is 7. The lowest BCUT2D eigenvalue weighted by Crippen LogP contribution is -2.42. The molecule has 1 aromatic rings. The van der Waals surface area contributed by atoms with Gasteiger partial charge in [0.25, 0.3) is 0 Å². The van der Waals surface area contributed by atoms with Crippen LogP contribution in [0.5, 0.6) is 0 Å². The van der Waals surface area contributed by atoms with E-state index in [0.717, 1.165) is 24.0 Å². The fourth-order valence-corrected chi connectivity index (χ4v) is 3.69. The summed E-state index contributed by atoms with van der Waals surface area (Å²) in [6, 6.07) is 6.06. The Bertz CT molecular complexity index is 681. The lowest BCUT2D eigenvalue weighted by molar-refractivity contribution is -0.119. The lowest BCUT2D eigenvalue weighted by atomic mass is 9.92. The molecular weight excluding hydrogens is 324 g/mol. The van der Waals surface area contributed by atoms with Crippen LogP contribution in [0.1, 0.15) is 63.5 Å². The first-order valence-corrected chi connectivity index (χ1v) is 10.4. The van der Waals surface area contributed by atoms with E-state index in [2.05, 4.69) is 5.32 Å². The van der Waals surface area contributed by atoms with Gasteiger partial charge in [-0.25, -0.2) is 8.42 Å². The molecule has 1 aromatic carbocycles. The number of hydrogen-bond donors (Lipinski definition) is 1. The van der Waals surface area contributed by atoms with Crippen molar-refractivity contribution < 1.29 is 13.2 Å². The summed E-state index contributed by atoms with van der Waals surface area (Å²) in [5.74, 6) is 0.0834. The highest BCUT2D eigenvalue weighted by atomic mass is 32.2. The number of benzene rings is 1. The van der Waals surface area contributed by atoms with Crippen LogP contribution < -0.4 is 9.62 Å². The van der Waals surface area contributed by atoms with Crippen molar-refractivity contribution in [3.8, 4) is 0 Å². The van der Waals surface area contributed by atoms with E-state index >= 15 is 0 Å². The van der Waals surface area contributed by atoms with Gasteiger partial charge in [-0.05, 0) is 35.8 Å². The van der Waals surface area contributed by atoms with Crippen molar-refractivity contribution in [3.05, 3.63) is 29.3 Å². The SMILES string of the molecule is CC(C)c1cccc(C(C)C)c1N(CC(=O)NC1CC1)S(C)(=O)=O. The van der Waals surface area contributed by atoms with Gasteiger partial charge in [-0.1, -0.05) is 45.9 Å². The van der Waals surface area contributed by atoms with Crippen LogP contribution in [-0.2, 0) is 14.8 Å². The smallest absolute Gasteiger partial charge is 0.240 e. The Morgan fingerprint density at radius 1 is 1.17 bits per heavy atom. The topological polar surface area (TPSA) is 66.5 Å². The molecule has 0 bridgehead atoms. The van der Waals surface area contributed by atoms with Gasteiger partial charge in [-0.15, -0.1) is 0 Å². The summed E-state index contributed by atoms with van der Waals surface area (Å²) in [5.41, 5.74) is 2.56. The summed E-state index contributed by atoms with van der Waals surface area (Å²) in [5, 5.41) is 2.88. The van der Waals surface area contributed by atoms with Crippen molar-refractivity contribution in [2.75, 3.05) is 17.1 Å². The van der Waals surface area contributed by atoms with Crippen molar-refractivity contribution in [3.63, 3.8) is 0 Å². The zero-order valence-corrected chi connectivity index (χ0v) is 16.0. The van der Waals surface area contributed by atoms with Gasteiger partial charge < -0.3 is 5.32 Å². The molecule has 1 N–H and O–H groups in total. The summed E-state index contributed by atoms with van der Waals surface area (Å²) < 4.78 is 26.2.